The Bertz CT molecular complexity index is 1510. The van der Waals surface area contributed by atoms with Crippen molar-refractivity contribution >= 4 is 22.8 Å². The van der Waals surface area contributed by atoms with Crippen LogP contribution in [0.25, 0.3) is 11.2 Å². The van der Waals surface area contributed by atoms with Crippen LogP contribution in [0.1, 0.15) is 5.56 Å². The Morgan fingerprint density at radius 2 is 1.77 bits per heavy atom. The van der Waals surface area contributed by atoms with Gasteiger partial charge in [0.2, 0.25) is 5.91 Å². The Labute approximate surface area is 196 Å². The minimum absolute atomic E-state index is 0.0666. The van der Waals surface area contributed by atoms with Crippen LogP contribution in [0, 0.1) is 17.5 Å². The standard InChI is InChI=1S/C23H20F3N5O4/c1-35-10-9-29-13-27-21-20(29)22(33)31(23(34)30(21)11-14-5-3-2-4-6-14)12-17(32)28-16-8-7-15(24)18(25)19(16)26/h2-8,13H,9-12H2,1H3,(H,28,32). The maximum atomic E-state index is 14.0. The highest BCUT2D eigenvalue weighted by Crippen LogP contribution is 2.19. The first-order valence-electron chi connectivity index (χ1n) is 10.5. The van der Waals surface area contributed by atoms with Crippen LogP contribution in [0.4, 0.5) is 18.9 Å². The topological polar surface area (TPSA) is 100 Å². The summed E-state index contributed by atoms with van der Waals surface area (Å²) in [6.45, 7) is -0.204. The summed E-state index contributed by atoms with van der Waals surface area (Å²) in [7, 11) is 1.49. The van der Waals surface area contributed by atoms with Crippen LogP contribution in [0.5, 0.6) is 0 Å². The van der Waals surface area contributed by atoms with Gasteiger partial charge in [-0.25, -0.2) is 27.5 Å². The van der Waals surface area contributed by atoms with E-state index >= 15 is 0 Å². The van der Waals surface area contributed by atoms with Crippen molar-refractivity contribution in [3.05, 3.63) is 92.6 Å². The number of ether oxygens (including phenoxy) is 1. The summed E-state index contributed by atoms with van der Waals surface area (Å²) >= 11 is 0. The number of methoxy groups -OCH3 is 1. The SMILES string of the molecule is COCCn1cnc2c1c(=O)n(CC(=O)Nc1ccc(F)c(F)c1F)c(=O)n2Cc1ccccc1. The second-order valence-electron chi connectivity index (χ2n) is 7.62. The first-order chi connectivity index (χ1) is 16.8. The lowest BCUT2D eigenvalue weighted by Gasteiger charge is -2.13. The number of halogens is 3. The number of carbonyl (C=O) groups is 1. The third-order valence-corrected chi connectivity index (χ3v) is 5.31. The average Bonchev–Trinajstić information content (AvgIpc) is 3.28. The van der Waals surface area contributed by atoms with Crippen molar-refractivity contribution in [1.82, 2.24) is 18.7 Å². The average molecular weight is 487 g/mol. The molecular formula is C23H20F3N5O4. The van der Waals surface area contributed by atoms with Crippen LogP contribution >= 0.6 is 0 Å². The fraction of sp³-hybridized carbons (Fsp3) is 0.217. The van der Waals surface area contributed by atoms with Crippen molar-refractivity contribution in [1.29, 1.82) is 0 Å². The molecule has 0 spiro atoms. The number of anilines is 1. The van der Waals surface area contributed by atoms with E-state index in [4.69, 9.17) is 4.74 Å². The third kappa shape index (κ3) is 4.73. The molecule has 12 heteroatoms. The maximum absolute atomic E-state index is 14.0. The van der Waals surface area contributed by atoms with E-state index < -0.39 is 46.8 Å². The molecule has 0 atom stereocenters. The number of imidazole rings is 1. The number of hydrogen-bond acceptors (Lipinski definition) is 5. The molecule has 0 radical (unpaired) electrons. The smallest absolute Gasteiger partial charge is 0.333 e. The molecule has 2 aromatic heterocycles. The predicted octanol–water partition coefficient (Wildman–Crippen LogP) is 2.11. The first kappa shape index (κ1) is 24.0. The zero-order valence-electron chi connectivity index (χ0n) is 18.5. The molecule has 0 fully saturated rings. The van der Waals surface area contributed by atoms with Gasteiger partial charge in [0.25, 0.3) is 5.56 Å². The largest absolute Gasteiger partial charge is 0.383 e. The van der Waals surface area contributed by atoms with Gasteiger partial charge in [0.15, 0.2) is 28.6 Å². The number of carbonyl (C=O) groups excluding carboxylic acids is 1. The zero-order chi connectivity index (χ0) is 25.1. The molecule has 0 saturated carbocycles. The second-order valence-corrected chi connectivity index (χ2v) is 7.62. The van der Waals surface area contributed by atoms with Gasteiger partial charge in [0, 0.05) is 13.7 Å². The van der Waals surface area contributed by atoms with Crippen molar-refractivity contribution in [2.24, 2.45) is 0 Å². The third-order valence-electron chi connectivity index (χ3n) is 5.31. The molecule has 2 aromatic carbocycles. The van der Waals surface area contributed by atoms with Gasteiger partial charge in [-0.1, -0.05) is 30.3 Å². The van der Waals surface area contributed by atoms with E-state index in [1.54, 1.807) is 24.3 Å². The fourth-order valence-corrected chi connectivity index (χ4v) is 3.60. The van der Waals surface area contributed by atoms with Crippen LogP contribution in [0.15, 0.2) is 58.4 Å². The molecule has 35 heavy (non-hydrogen) atoms. The molecular weight excluding hydrogens is 467 g/mol. The molecule has 9 nitrogen and oxygen atoms in total. The fourth-order valence-electron chi connectivity index (χ4n) is 3.60. The molecule has 1 amide bonds. The molecule has 0 unspecified atom stereocenters. The number of amides is 1. The summed E-state index contributed by atoms with van der Waals surface area (Å²) in [5.74, 6) is -5.76. The number of nitrogens with zero attached hydrogens (tertiary/aromatic N) is 4. The molecule has 0 saturated heterocycles. The molecule has 1 N–H and O–H groups in total. The van der Waals surface area contributed by atoms with Gasteiger partial charge in [-0.3, -0.25) is 14.2 Å². The highest BCUT2D eigenvalue weighted by molar-refractivity contribution is 5.90. The summed E-state index contributed by atoms with van der Waals surface area (Å²) in [4.78, 5) is 43.3. The molecule has 2 heterocycles. The van der Waals surface area contributed by atoms with E-state index in [2.05, 4.69) is 10.3 Å². The highest BCUT2D eigenvalue weighted by Gasteiger charge is 2.21. The summed E-state index contributed by atoms with van der Waals surface area (Å²) in [6, 6.07) is 10.4. The lowest BCUT2D eigenvalue weighted by molar-refractivity contribution is -0.116. The van der Waals surface area contributed by atoms with E-state index in [0.29, 0.717) is 10.6 Å². The molecule has 0 aliphatic heterocycles. The predicted molar refractivity (Wildman–Crippen MR) is 121 cm³/mol. The van der Waals surface area contributed by atoms with Crippen LogP contribution < -0.4 is 16.6 Å². The van der Waals surface area contributed by atoms with Gasteiger partial charge in [-0.2, -0.15) is 0 Å². The summed E-state index contributed by atoms with van der Waals surface area (Å²) in [6.07, 6.45) is 1.40. The first-order valence-corrected chi connectivity index (χ1v) is 10.5. The summed E-state index contributed by atoms with van der Waals surface area (Å²) < 4.78 is 49.2. The van der Waals surface area contributed by atoms with Crippen molar-refractivity contribution in [3.8, 4) is 0 Å². The Morgan fingerprint density at radius 1 is 1.03 bits per heavy atom. The van der Waals surface area contributed by atoms with Crippen LogP contribution in [0.3, 0.4) is 0 Å². The van der Waals surface area contributed by atoms with E-state index in [1.165, 1.54) is 22.6 Å². The van der Waals surface area contributed by atoms with Crippen LogP contribution in [-0.2, 0) is 29.2 Å². The lowest BCUT2D eigenvalue weighted by Crippen LogP contribution is -2.43. The number of hydrogen-bond donors (Lipinski definition) is 1. The van der Waals surface area contributed by atoms with Gasteiger partial charge in [-0.05, 0) is 17.7 Å². The van der Waals surface area contributed by atoms with Crippen molar-refractivity contribution in [2.45, 2.75) is 19.6 Å². The van der Waals surface area contributed by atoms with E-state index in [9.17, 15) is 27.6 Å². The van der Waals surface area contributed by atoms with E-state index in [1.807, 2.05) is 6.07 Å². The quantitative estimate of drug-likeness (QED) is 0.384. The minimum atomic E-state index is -1.76. The number of aromatic nitrogens is 4. The maximum Gasteiger partial charge on any atom is 0.333 e. The van der Waals surface area contributed by atoms with E-state index in [0.717, 1.165) is 11.6 Å². The molecule has 0 aliphatic rings. The molecule has 4 aromatic rings. The van der Waals surface area contributed by atoms with Gasteiger partial charge in [0.05, 0.1) is 25.2 Å². The Hall–Kier alpha value is -4.19. The molecule has 182 valence electrons. The Kier molecular flexibility index (Phi) is 6.82. The molecule has 0 aliphatic carbocycles. The number of fused-ring (bicyclic) bond motifs is 1. The number of benzene rings is 2. The zero-order valence-corrected chi connectivity index (χ0v) is 18.5. The molecule has 0 bridgehead atoms. The lowest BCUT2D eigenvalue weighted by atomic mass is 10.2. The minimum Gasteiger partial charge on any atom is -0.383 e. The normalized spacial score (nSPS) is 11.2. The monoisotopic (exact) mass is 487 g/mol. The second kappa shape index (κ2) is 9.97. The van der Waals surface area contributed by atoms with Gasteiger partial charge in [-0.15, -0.1) is 0 Å². The number of nitrogens with one attached hydrogen (secondary N) is 1. The highest BCUT2D eigenvalue weighted by atomic mass is 19.2. The summed E-state index contributed by atoms with van der Waals surface area (Å²) in [5.41, 5.74) is -1.28. The van der Waals surface area contributed by atoms with Crippen molar-refractivity contribution in [2.75, 3.05) is 19.0 Å². The van der Waals surface area contributed by atoms with Crippen molar-refractivity contribution < 1.29 is 22.7 Å². The number of rotatable bonds is 8. The van der Waals surface area contributed by atoms with Gasteiger partial charge in [0.1, 0.15) is 6.54 Å². The van der Waals surface area contributed by atoms with Crippen LogP contribution in [-0.4, -0.2) is 38.3 Å². The van der Waals surface area contributed by atoms with Crippen molar-refractivity contribution in [3.63, 3.8) is 0 Å². The molecule has 4 rings (SSSR count). The van der Waals surface area contributed by atoms with Crippen LogP contribution in [0.2, 0.25) is 0 Å². The van der Waals surface area contributed by atoms with E-state index in [-0.39, 0.29) is 30.9 Å². The summed E-state index contributed by atoms with van der Waals surface area (Å²) in [5, 5.41) is 2.07. The Morgan fingerprint density at radius 3 is 2.49 bits per heavy atom. The van der Waals surface area contributed by atoms with Gasteiger partial charge >= 0.3 is 5.69 Å². The van der Waals surface area contributed by atoms with Gasteiger partial charge < -0.3 is 14.6 Å². The Balaban J connectivity index is 1.77.